The van der Waals surface area contributed by atoms with Crippen LogP contribution in [0.1, 0.15) is 41.0 Å². The topological polar surface area (TPSA) is 124 Å². The number of esters is 1. The molecule has 29 heavy (non-hydrogen) atoms. The number of hydrogen-bond acceptors (Lipinski definition) is 7. The van der Waals surface area contributed by atoms with E-state index >= 15 is 0 Å². The molecule has 0 amide bonds. The van der Waals surface area contributed by atoms with Gasteiger partial charge in [-0.25, -0.2) is 0 Å². The van der Waals surface area contributed by atoms with E-state index in [2.05, 4.69) is 0 Å². The molecule has 4 rings (SSSR count). The first-order valence-electron chi connectivity index (χ1n) is 10.2. The number of rotatable bonds is 2. The lowest BCUT2D eigenvalue weighted by Gasteiger charge is -2.52. The molecule has 0 aromatic rings. The smallest absolute Gasteiger partial charge is 0.303 e. The molecule has 4 N–H and O–H groups in total. The van der Waals surface area contributed by atoms with Gasteiger partial charge in [0.05, 0.1) is 18.3 Å². The number of Topliss-reactive ketones (excluding diaryl/α,β-unsaturated/α-hetero) is 1. The van der Waals surface area contributed by atoms with Gasteiger partial charge >= 0.3 is 5.97 Å². The maximum Gasteiger partial charge on any atom is 0.303 e. The molecule has 0 aromatic heterocycles. The maximum absolute atomic E-state index is 12.8. The highest BCUT2D eigenvalue weighted by atomic mass is 16.6. The van der Waals surface area contributed by atoms with Crippen LogP contribution in [0, 0.1) is 29.1 Å². The summed E-state index contributed by atoms with van der Waals surface area (Å²) in [5.74, 6) is -3.77. The van der Waals surface area contributed by atoms with Crippen molar-refractivity contribution < 1.29 is 34.8 Å². The van der Waals surface area contributed by atoms with Gasteiger partial charge in [-0.3, -0.25) is 9.59 Å². The molecule has 4 aliphatic carbocycles. The average Bonchev–Trinajstić information content (AvgIpc) is 3.06. The number of ether oxygens (including phenoxy) is 1. The first-order chi connectivity index (χ1) is 13.3. The molecule has 0 aliphatic heterocycles. The Hall–Kier alpha value is -1.54. The molecule has 0 saturated heterocycles. The molecule has 0 aromatic carbocycles. The molecule has 8 atom stereocenters. The predicted molar refractivity (Wildman–Crippen MR) is 102 cm³/mol. The summed E-state index contributed by atoms with van der Waals surface area (Å²) in [7, 11) is 0. The number of fused-ring (bicyclic) bond motifs is 5. The first-order valence-corrected chi connectivity index (χ1v) is 10.2. The summed E-state index contributed by atoms with van der Waals surface area (Å²) >= 11 is 0. The molecule has 0 bridgehead atoms. The van der Waals surface area contributed by atoms with Gasteiger partial charge in [0.15, 0.2) is 5.78 Å². The van der Waals surface area contributed by atoms with E-state index in [9.17, 15) is 30.0 Å². The Balaban J connectivity index is 1.94. The van der Waals surface area contributed by atoms with Crippen LogP contribution in [0.3, 0.4) is 0 Å². The number of hydrogen-bond donors (Lipinski definition) is 4. The van der Waals surface area contributed by atoms with E-state index in [0.717, 1.165) is 0 Å². The first kappa shape index (κ1) is 20.7. The molecule has 0 heterocycles. The SMILES string of the molecule is CC(=O)O[C@]12C([C@@H]3C=C(CO)C[C@]4(O)C(=O)C(C)=C[C@H]4[C@@]3(O)[C@H](C)[C@H]1O)C2(C)C. The summed E-state index contributed by atoms with van der Waals surface area (Å²) in [6.07, 6.45) is 2.06. The van der Waals surface area contributed by atoms with E-state index in [0.29, 0.717) is 11.1 Å². The van der Waals surface area contributed by atoms with E-state index < -0.39 is 63.7 Å². The quantitative estimate of drug-likeness (QED) is 0.389. The van der Waals surface area contributed by atoms with Crippen molar-refractivity contribution in [3.8, 4) is 0 Å². The van der Waals surface area contributed by atoms with Crippen molar-refractivity contribution in [1.82, 2.24) is 0 Å². The molecule has 1 unspecified atom stereocenters. The molecule has 7 heteroatoms. The van der Waals surface area contributed by atoms with Crippen molar-refractivity contribution >= 4 is 11.8 Å². The van der Waals surface area contributed by atoms with E-state index in [1.54, 1.807) is 26.0 Å². The second-order valence-electron chi connectivity index (χ2n) is 9.97. The van der Waals surface area contributed by atoms with E-state index in [1.165, 1.54) is 6.92 Å². The van der Waals surface area contributed by atoms with Gasteiger partial charge < -0.3 is 25.2 Å². The lowest BCUT2D eigenvalue weighted by atomic mass is 9.59. The monoisotopic (exact) mass is 406 g/mol. The van der Waals surface area contributed by atoms with E-state index in [-0.39, 0.29) is 13.0 Å². The van der Waals surface area contributed by atoms with Gasteiger partial charge in [-0.2, -0.15) is 0 Å². The van der Waals surface area contributed by atoms with E-state index in [4.69, 9.17) is 4.74 Å². The van der Waals surface area contributed by atoms with Crippen LogP contribution in [0.25, 0.3) is 0 Å². The van der Waals surface area contributed by atoms with Gasteiger partial charge in [0.1, 0.15) is 11.2 Å². The summed E-state index contributed by atoms with van der Waals surface area (Å²) in [5.41, 5.74) is -4.52. The Bertz CT molecular complexity index is 857. The van der Waals surface area contributed by atoms with Gasteiger partial charge in [-0.15, -0.1) is 0 Å². The van der Waals surface area contributed by atoms with Crippen LogP contribution in [0.2, 0.25) is 0 Å². The Morgan fingerprint density at radius 1 is 1.28 bits per heavy atom. The summed E-state index contributed by atoms with van der Waals surface area (Å²) in [6, 6.07) is 0. The van der Waals surface area contributed by atoms with Crippen LogP contribution >= 0.6 is 0 Å². The van der Waals surface area contributed by atoms with Gasteiger partial charge in [0.2, 0.25) is 0 Å². The predicted octanol–water partition coefficient (Wildman–Crippen LogP) is 0.501. The number of aliphatic hydroxyl groups excluding tert-OH is 2. The fraction of sp³-hybridized carbons (Fsp3) is 0.727. The van der Waals surface area contributed by atoms with Crippen LogP contribution in [-0.4, -0.2) is 61.7 Å². The van der Waals surface area contributed by atoms with Crippen molar-refractivity contribution in [1.29, 1.82) is 0 Å². The summed E-state index contributed by atoms with van der Waals surface area (Å²) in [4.78, 5) is 24.7. The Morgan fingerprint density at radius 3 is 2.45 bits per heavy atom. The van der Waals surface area contributed by atoms with Crippen LogP contribution in [-0.2, 0) is 14.3 Å². The molecule has 2 fully saturated rings. The fourth-order valence-corrected chi connectivity index (χ4v) is 6.91. The van der Waals surface area contributed by atoms with Crippen molar-refractivity contribution in [2.75, 3.05) is 6.61 Å². The molecular formula is C22H30O7. The molecule has 0 spiro atoms. The number of aliphatic hydroxyl groups is 4. The summed E-state index contributed by atoms with van der Waals surface area (Å²) in [6.45, 7) is 7.96. The second kappa shape index (κ2) is 5.78. The van der Waals surface area contributed by atoms with Gasteiger partial charge in [-0.1, -0.05) is 32.9 Å². The lowest BCUT2D eigenvalue weighted by Crippen LogP contribution is -2.65. The lowest BCUT2D eigenvalue weighted by molar-refractivity contribution is -0.218. The highest BCUT2D eigenvalue weighted by Crippen LogP contribution is 2.76. The minimum atomic E-state index is -1.88. The van der Waals surface area contributed by atoms with Gasteiger partial charge in [0, 0.05) is 42.4 Å². The van der Waals surface area contributed by atoms with Crippen molar-refractivity contribution in [2.45, 2.75) is 63.9 Å². The Labute approximate surface area is 170 Å². The summed E-state index contributed by atoms with van der Waals surface area (Å²) < 4.78 is 5.70. The molecule has 0 radical (unpaired) electrons. The molecular weight excluding hydrogens is 376 g/mol. The normalized spacial score (nSPS) is 49.8. The summed E-state index contributed by atoms with van der Waals surface area (Å²) in [5, 5.41) is 44.7. The standard InChI is InChI=1S/C22H30O7/c1-10-6-15-20(27,17(10)25)8-13(9-23)7-14-16-19(4,5)22(16,29-12(3)24)18(26)11(2)21(14,15)28/h6-7,11,14-16,18,23,26-28H,8-9H2,1-5H3/t11-,14+,15-,16?,18-,20-,21-,22-/m1/s1. The number of carbonyl (C=O) groups is 2. The van der Waals surface area contributed by atoms with Crippen LogP contribution in [0.15, 0.2) is 23.3 Å². The number of carbonyl (C=O) groups excluding carboxylic acids is 2. The fourth-order valence-electron chi connectivity index (χ4n) is 6.91. The highest BCUT2D eigenvalue weighted by molar-refractivity contribution is 6.04. The van der Waals surface area contributed by atoms with Crippen molar-refractivity contribution in [3.63, 3.8) is 0 Å². The molecule has 7 nitrogen and oxygen atoms in total. The van der Waals surface area contributed by atoms with Crippen LogP contribution in [0.5, 0.6) is 0 Å². The largest absolute Gasteiger partial charge is 0.456 e. The third-order valence-corrected chi connectivity index (χ3v) is 8.31. The van der Waals surface area contributed by atoms with Gasteiger partial charge in [-0.05, 0) is 18.1 Å². The molecule has 4 aliphatic rings. The maximum atomic E-state index is 12.8. The third kappa shape index (κ3) is 2.17. The molecule has 160 valence electrons. The van der Waals surface area contributed by atoms with Crippen LogP contribution in [0.4, 0.5) is 0 Å². The Morgan fingerprint density at radius 2 is 1.90 bits per heavy atom. The Kier molecular flexibility index (Phi) is 4.13. The third-order valence-electron chi connectivity index (χ3n) is 8.31. The molecule has 2 saturated carbocycles. The zero-order chi connectivity index (χ0) is 21.7. The van der Waals surface area contributed by atoms with Crippen molar-refractivity contribution in [2.24, 2.45) is 29.1 Å². The minimum absolute atomic E-state index is 0.0871. The second-order valence-corrected chi connectivity index (χ2v) is 9.97. The zero-order valence-electron chi connectivity index (χ0n) is 17.5. The highest BCUT2D eigenvalue weighted by Gasteiger charge is 2.86. The van der Waals surface area contributed by atoms with Crippen molar-refractivity contribution in [3.05, 3.63) is 23.3 Å². The zero-order valence-corrected chi connectivity index (χ0v) is 17.5. The van der Waals surface area contributed by atoms with Crippen LogP contribution < -0.4 is 0 Å². The van der Waals surface area contributed by atoms with Gasteiger partial charge in [0.25, 0.3) is 0 Å². The van der Waals surface area contributed by atoms with E-state index in [1.807, 2.05) is 13.8 Å². The minimum Gasteiger partial charge on any atom is -0.456 e. The average molecular weight is 406 g/mol. The number of ketones is 1.